The second-order valence-corrected chi connectivity index (χ2v) is 1.73. The first-order valence-electron chi connectivity index (χ1n) is 2.93. The fourth-order valence-corrected chi connectivity index (χ4v) is 0.457. The first-order chi connectivity index (χ1) is 4.35. The predicted molar refractivity (Wildman–Crippen MR) is 36.3 cm³/mol. The number of hydrazine groups is 1. The molecule has 0 spiro atoms. The van der Waals surface area contributed by atoms with Crippen molar-refractivity contribution in [2.75, 3.05) is 0 Å². The zero-order valence-electron chi connectivity index (χ0n) is 5.50. The van der Waals surface area contributed by atoms with E-state index < -0.39 is 0 Å². The maximum Gasteiger partial charge on any atom is 0.126 e. The molecule has 0 amide bonds. The first-order valence-corrected chi connectivity index (χ1v) is 2.93. The van der Waals surface area contributed by atoms with Crippen LogP contribution in [0.3, 0.4) is 0 Å². The van der Waals surface area contributed by atoms with Crippen LogP contribution in [0, 0.1) is 5.92 Å². The van der Waals surface area contributed by atoms with Gasteiger partial charge in [0, 0.05) is 12.1 Å². The smallest absolute Gasteiger partial charge is 0.126 e. The van der Waals surface area contributed by atoms with E-state index in [4.69, 9.17) is 5.84 Å². The van der Waals surface area contributed by atoms with Crippen LogP contribution in [0.5, 0.6) is 0 Å². The van der Waals surface area contributed by atoms with Gasteiger partial charge in [0.2, 0.25) is 0 Å². The summed E-state index contributed by atoms with van der Waals surface area (Å²) in [5.74, 6) is 4.93. The maximum absolute atomic E-state index is 10.1. The van der Waals surface area contributed by atoms with Gasteiger partial charge < -0.3 is 10.2 Å². The molecule has 0 heterocycles. The van der Waals surface area contributed by atoms with E-state index in [9.17, 15) is 4.79 Å². The van der Waals surface area contributed by atoms with Crippen LogP contribution in [-0.2, 0) is 4.79 Å². The van der Waals surface area contributed by atoms with Crippen LogP contribution in [0.1, 0.15) is 13.3 Å². The van der Waals surface area contributed by atoms with Gasteiger partial charge in [0.1, 0.15) is 6.29 Å². The van der Waals surface area contributed by atoms with Gasteiger partial charge in [-0.05, 0) is 6.42 Å². The summed E-state index contributed by atoms with van der Waals surface area (Å²) in [5.41, 5.74) is 2.33. The molecule has 0 aliphatic rings. The molecule has 3 nitrogen and oxygen atoms in total. The van der Waals surface area contributed by atoms with Gasteiger partial charge in [0.25, 0.3) is 0 Å². The average Bonchev–Trinajstić information content (AvgIpc) is 1.91. The zero-order valence-corrected chi connectivity index (χ0v) is 5.50. The largest absolute Gasteiger partial charge is 0.332 e. The van der Waals surface area contributed by atoms with E-state index in [2.05, 4.69) is 5.43 Å². The number of carbonyl (C=O) groups excluding carboxylic acids is 1. The Kier molecular flexibility index (Phi) is 4.82. The summed E-state index contributed by atoms with van der Waals surface area (Å²) in [7, 11) is 0. The molecule has 0 fully saturated rings. The molecule has 0 saturated carbocycles. The number of allylic oxidation sites excluding steroid dienone is 1. The zero-order chi connectivity index (χ0) is 7.11. The summed E-state index contributed by atoms with van der Waals surface area (Å²) in [6, 6.07) is 0. The molecule has 0 rings (SSSR count). The van der Waals surface area contributed by atoms with Crippen LogP contribution in [-0.4, -0.2) is 6.29 Å². The van der Waals surface area contributed by atoms with Crippen molar-refractivity contribution in [3.63, 3.8) is 0 Å². The normalized spacial score (nSPS) is 13.6. The highest BCUT2D eigenvalue weighted by Gasteiger charge is 1.95. The molecule has 3 heteroatoms. The molecule has 0 aliphatic carbocycles. The highest BCUT2D eigenvalue weighted by atomic mass is 16.1. The van der Waals surface area contributed by atoms with E-state index in [1.807, 2.05) is 6.92 Å². The molecule has 0 aromatic heterocycles. The molecule has 0 bridgehead atoms. The number of hydrogen-bond donors (Lipinski definition) is 2. The minimum absolute atomic E-state index is 0.000972. The summed E-state index contributed by atoms with van der Waals surface area (Å²) >= 11 is 0. The number of rotatable bonds is 4. The molecule has 52 valence electrons. The lowest BCUT2D eigenvalue weighted by Crippen LogP contribution is -2.13. The van der Waals surface area contributed by atoms with Crippen LogP contribution < -0.4 is 11.3 Å². The standard InChI is InChI=1S/C6H12N2O/c1-2-6(5-9)3-4-8-7/h3-6,8H,2,7H2,1H3/b4-3-. The SMILES string of the molecule is CCC(C=O)/C=C\NN. The van der Waals surface area contributed by atoms with Gasteiger partial charge in [-0.1, -0.05) is 13.0 Å². The van der Waals surface area contributed by atoms with E-state index in [1.54, 1.807) is 12.3 Å². The first kappa shape index (κ1) is 8.17. The molecule has 0 aromatic rings. The van der Waals surface area contributed by atoms with E-state index in [0.717, 1.165) is 12.7 Å². The average molecular weight is 128 g/mol. The van der Waals surface area contributed by atoms with Crippen molar-refractivity contribution < 1.29 is 4.79 Å². The Balaban J connectivity index is 3.54. The van der Waals surface area contributed by atoms with Crippen molar-refractivity contribution in [2.24, 2.45) is 11.8 Å². The second kappa shape index (κ2) is 5.31. The Labute approximate surface area is 54.9 Å². The fourth-order valence-electron chi connectivity index (χ4n) is 0.457. The minimum Gasteiger partial charge on any atom is -0.332 e. The summed E-state index contributed by atoms with van der Waals surface area (Å²) < 4.78 is 0. The van der Waals surface area contributed by atoms with Crippen molar-refractivity contribution in [3.8, 4) is 0 Å². The number of nitrogens with two attached hydrogens (primary N) is 1. The van der Waals surface area contributed by atoms with Gasteiger partial charge in [-0.15, -0.1) is 0 Å². The van der Waals surface area contributed by atoms with E-state index in [0.29, 0.717) is 0 Å². The highest BCUT2D eigenvalue weighted by Crippen LogP contribution is 1.97. The Morgan fingerprint density at radius 3 is 2.78 bits per heavy atom. The van der Waals surface area contributed by atoms with Crippen LogP contribution in [0.25, 0.3) is 0 Å². The van der Waals surface area contributed by atoms with Crippen LogP contribution in [0.15, 0.2) is 12.3 Å². The van der Waals surface area contributed by atoms with Crippen LogP contribution in [0.2, 0.25) is 0 Å². The lowest BCUT2D eigenvalue weighted by molar-refractivity contribution is -0.109. The topological polar surface area (TPSA) is 55.1 Å². The van der Waals surface area contributed by atoms with Crippen molar-refractivity contribution >= 4 is 6.29 Å². The Hall–Kier alpha value is -0.830. The van der Waals surface area contributed by atoms with Crippen LogP contribution in [0.4, 0.5) is 0 Å². The second-order valence-electron chi connectivity index (χ2n) is 1.73. The summed E-state index contributed by atoms with van der Waals surface area (Å²) in [4.78, 5) is 10.1. The molecule has 9 heavy (non-hydrogen) atoms. The van der Waals surface area contributed by atoms with Gasteiger partial charge in [-0.3, -0.25) is 5.84 Å². The molecule has 3 N–H and O–H groups in total. The highest BCUT2D eigenvalue weighted by molar-refractivity contribution is 5.56. The molecule has 1 unspecified atom stereocenters. The van der Waals surface area contributed by atoms with Crippen molar-refractivity contribution in [3.05, 3.63) is 12.3 Å². The Morgan fingerprint density at radius 2 is 2.44 bits per heavy atom. The van der Waals surface area contributed by atoms with E-state index >= 15 is 0 Å². The molecule has 0 saturated heterocycles. The van der Waals surface area contributed by atoms with Gasteiger partial charge in [-0.25, -0.2) is 0 Å². The number of hydrogen-bond acceptors (Lipinski definition) is 3. The van der Waals surface area contributed by atoms with Crippen molar-refractivity contribution in [1.82, 2.24) is 5.43 Å². The van der Waals surface area contributed by atoms with Gasteiger partial charge >= 0.3 is 0 Å². The van der Waals surface area contributed by atoms with Crippen LogP contribution >= 0.6 is 0 Å². The summed E-state index contributed by atoms with van der Waals surface area (Å²) in [6.45, 7) is 1.94. The summed E-state index contributed by atoms with van der Waals surface area (Å²) in [5, 5.41) is 0. The predicted octanol–water partition coefficient (Wildman–Crippen LogP) is 0.189. The molecule has 0 radical (unpaired) electrons. The summed E-state index contributed by atoms with van der Waals surface area (Å²) in [6.07, 6.45) is 5.01. The third kappa shape index (κ3) is 3.73. The molecule has 0 aromatic carbocycles. The van der Waals surface area contributed by atoms with Gasteiger partial charge in [-0.2, -0.15) is 0 Å². The Morgan fingerprint density at radius 1 is 1.78 bits per heavy atom. The number of nitrogens with one attached hydrogen (secondary N) is 1. The number of aldehydes is 1. The quantitative estimate of drug-likeness (QED) is 0.323. The molecular formula is C6H12N2O. The van der Waals surface area contributed by atoms with Crippen molar-refractivity contribution in [1.29, 1.82) is 0 Å². The lowest BCUT2D eigenvalue weighted by atomic mass is 10.1. The molecule has 0 aliphatic heterocycles. The Bertz CT molecular complexity index is 101. The molecule has 1 atom stereocenters. The maximum atomic E-state index is 10.1. The van der Waals surface area contributed by atoms with Gasteiger partial charge in [0.05, 0.1) is 0 Å². The third-order valence-electron chi connectivity index (χ3n) is 1.09. The monoisotopic (exact) mass is 128 g/mol. The minimum atomic E-state index is 0.000972. The van der Waals surface area contributed by atoms with Crippen molar-refractivity contribution in [2.45, 2.75) is 13.3 Å². The fraction of sp³-hybridized carbons (Fsp3) is 0.500. The number of carbonyl (C=O) groups is 1. The van der Waals surface area contributed by atoms with E-state index in [-0.39, 0.29) is 5.92 Å². The third-order valence-corrected chi connectivity index (χ3v) is 1.09. The molecular weight excluding hydrogens is 116 g/mol. The van der Waals surface area contributed by atoms with Gasteiger partial charge in [0.15, 0.2) is 0 Å². The van der Waals surface area contributed by atoms with E-state index in [1.165, 1.54) is 0 Å². The lowest BCUT2D eigenvalue weighted by Gasteiger charge is -1.96.